The maximum absolute atomic E-state index is 13.0. The number of rotatable bonds is 6. The SMILES string of the molecule is O=C(Nc1cccc(S(=O)(=O)N2CCCCC2)c1)c1ccc(-n2nncc2-c2ccccc2)cc1. The van der Waals surface area contributed by atoms with Crippen LogP contribution in [0.5, 0.6) is 0 Å². The lowest BCUT2D eigenvalue weighted by molar-refractivity contribution is 0.102. The van der Waals surface area contributed by atoms with E-state index in [1.54, 1.807) is 53.3 Å². The molecule has 9 heteroatoms. The number of carbonyl (C=O) groups excluding carboxylic acids is 1. The highest BCUT2D eigenvalue weighted by Crippen LogP contribution is 2.24. The van der Waals surface area contributed by atoms with E-state index >= 15 is 0 Å². The summed E-state index contributed by atoms with van der Waals surface area (Å²) in [5.74, 6) is -0.328. The molecule has 1 fully saturated rings. The topological polar surface area (TPSA) is 97.2 Å². The number of sulfonamides is 1. The molecule has 0 saturated carbocycles. The number of nitrogens with one attached hydrogen (secondary N) is 1. The number of carbonyl (C=O) groups is 1. The summed E-state index contributed by atoms with van der Waals surface area (Å²) in [4.78, 5) is 13.0. The van der Waals surface area contributed by atoms with Crippen molar-refractivity contribution in [3.8, 4) is 16.9 Å². The minimum absolute atomic E-state index is 0.187. The van der Waals surface area contributed by atoms with Gasteiger partial charge in [0, 0.05) is 29.9 Å². The van der Waals surface area contributed by atoms with Gasteiger partial charge in [-0.1, -0.05) is 48.0 Å². The highest BCUT2D eigenvalue weighted by atomic mass is 32.2. The Morgan fingerprint density at radius 1 is 0.857 bits per heavy atom. The Bertz CT molecular complexity index is 1430. The Morgan fingerprint density at radius 3 is 2.34 bits per heavy atom. The molecule has 2 heterocycles. The molecule has 178 valence electrons. The molecule has 3 aromatic carbocycles. The summed E-state index contributed by atoms with van der Waals surface area (Å²) in [5, 5.41) is 11.0. The number of anilines is 1. The summed E-state index contributed by atoms with van der Waals surface area (Å²) in [6.45, 7) is 1.06. The van der Waals surface area contributed by atoms with Crippen molar-refractivity contribution < 1.29 is 13.2 Å². The average Bonchev–Trinajstić information content (AvgIpc) is 3.40. The van der Waals surface area contributed by atoms with Crippen molar-refractivity contribution in [2.24, 2.45) is 0 Å². The molecule has 1 aliphatic heterocycles. The highest BCUT2D eigenvalue weighted by molar-refractivity contribution is 7.89. The van der Waals surface area contributed by atoms with E-state index in [1.807, 2.05) is 30.3 Å². The number of hydrogen-bond donors (Lipinski definition) is 1. The van der Waals surface area contributed by atoms with Gasteiger partial charge in [-0.15, -0.1) is 5.10 Å². The summed E-state index contributed by atoms with van der Waals surface area (Å²) in [5.41, 5.74) is 3.47. The molecule has 1 saturated heterocycles. The zero-order valence-corrected chi connectivity index (χ0v) is 19.9. The molecule has 0 atom stereocenters. The summed E-state index contributed by atoms with van der Waals surface area (Å²) in [6.07, 6.45) is 4.48. The Labute approximate surface area is 204 Å². The van der Waals surface area contributed by atoms with Gasteiger partial charge in [0.05, 0.1) is 22.5 Å². The van der Waals surface area contributed by atoms with E-state index in [-0.39, 0.29) is 10.8 Å². The molecule has 0 spiro atoms. The quantitative estimate of drug-likeness (QED) is 0.436. The average molecular weight is 488 g/mol. The van der Waals surface area contributed by atoms with Crippen LogP contribution in [0.4, 0.5) is 5.69 Å². The second-order valence-corrected chi connectivity index (χ2v) is 10.3. The third-order valence-corrected chi connectivity index (χ3v) is 7.93. The van der Waals surface area contributed by atoms with Crippen LogP contribution in [0.15, 0.2) is 90.0 Å². The summed E-state index contributed by atoms with van der Waals surface area (Å²) in [7, 11) is -3.58. The van der Waals surface area contributed by atoms with Gasteiger partial charge < -0.3 is 5.32 Å². The van der Waals surface area contributed by atoms with Crippen LogP contribution in [0.1, 0.15) is 29.6 Å². The van der Waals surface area contributed by atoms with Crippen molar-refractivity contribution in [2.75, 3.05) is 18.4 Å². The minimum Gasteiger partial charge on any atom is -0.322 e. The van der Waals surface area contributed by atoms with Crippen LogP contribution >= 0.6 is 0 Å². The van der Waals surface area contributed by atoms with Gasteiger partial charge in [0.15, 0.2) is 0 Å². The van der Waals surface area contributed by atoms with Crippen LogP contribution in [0.25, 0.3) is 16.9 Å². The van der Waals surface area contributed by atoms with E-state index in [1.165, 1.54) is 10.4 Å². The van der Waals surface area contributed by atoms with Crippen molar-refractivity contribution in [3.63, 3.8) is 0 Å². The van der Waals surface area contributed by atoms with Crippen molar-refractivity contribution >= 4 is 21.6 Å². The standard InChI is InChI=1S/C26H25N5O3S/c32-26(28-22-10-7-11-24(18-22)35(33,34)30-16-5-2-6-17-30)21-12-14-23(15-13-21)31-25(19-27-29-31)20-8-3-1-4-9-20/h1,3-4,7-15,18-19H,2,5-6,16-17H2,(H,28,32). The van der Waals surface area contributed by atoms with E-state index in [2.05, 4.69) is 15.6 Å². The fraction of sp³-hybridized carbons (Fsp3) is 0.192. The fourth-order valence-electron chi connectivity index (χ4n) is 4.18. The lowest BCUT2D eigenvalue weighted by atomic mass is 10.1. The van der Waals surface area contributed by atoms with Crippen LogP contribution in [0, 0.1) is 0 Å². The first-order valence-electron chi connectivity index (χ1n) is 11.5. The van der Waals surface area contributed by atoms with Gasteiger partial charge in [-0.3, -0.25) is 4.79 Å². The van der Waals surface area contributed by atoms with Crippen LogP contribution in [0.2, 0.25) is 0 Å². The molecule has 0 aliphatic carbocycles. The predicted molar refractivity (Wildman–Crippen MR) is 134 cm³/mol. The first-order chi connectivity index (χ1) is 17.0. The first kappa shape index (κ1) is 22.9. The van der Waals surface area contributed by atoms with Crippen molar-refractivity contribution in [3.05, 3.63) is 90.6 Å². The van der Waals surface area contributed by atoms with Crippen LogP contribution < -0.4 is 5.32 Å². The molecule has 1 N–H and O–H groups in total. The van der Waals surface area contributed by atoms with Gasteiger partial charge >= 0.3 is 0 Å². The third kappa shape index (κ3) is 4.87. The molecule has 1 aliphatic rings. The van der Waals surface area contributed by atoms with E-state index in [0.29, 0.717) is 24.3 Å². The van der Waals surface area contributed by atoms with E-state index in [4.69, 9.17) is 0 Å². The Morgan fingerprint density at radius 2 is 1.60 bits per heavy atom. The zero-order chi connectivity index (χ0) is 24.3. The molecule has 0 radical (unpaired) electrons. The van der Waals surface area contributed by atoms with Gasteiger partial charge in [-0.2, -0.15) is 4.31 Å². The number of aromatic nitrogens is 3. The van der Waals surface area contributed by atoms with E-state index in [0.717, 1.165) is 36.2 Å². The Hall–Kier alpha value is -3.82. The summed E-state index contributed by atoms with van der Waals surface area (Å²) < 4.78 is 29.2. The lowest BCUT2D eigenvalue weighted by Crippen LogP contribution is -2.35. The number of hydrogen-bond acceptors (Lipinski definition) is 5. The van der Waals surface area contributed by atoms with Gasteiger partial charge in [0.2, 0.25) is 10.0 Å². The molecular formula is C26H25N5O3S. The van der Waals surface area contributed by atoms with Gasteiger partial charge in [0.1, 0.15) is 0 Å². The maximum atomic E-state index is 13.0. The van der Waals surface area contributed by atoms with Gasteiger partial charge in [-0.25, -0.2) is 13.1 Å². The molecule has 4 aromatic rings. The molecule has 8 nitrogen and oxygen atoms in total. The van der Waals surface area contributed by atoms with Crippen LogP contribution in [0.3, 0.4) is 0 Å². The maximum Gasteiger partial charge on any atom is 0.255 e. The fourth-order valence-corrected chi connectivity index (χ4v) is 5.74. The largest absolute Gasteiger partial charge is 0.322 e. The predicted octanol–water partition coefficient (Wildman–Crippen LogP) is 4.36. The second kappa shape index (κ2) is 9.81. The molecule has 35 heavy (non-hydrogen) atoms. The van der Waals surface area contributed by atoms with Gasteiger partial charge in [0.25, 0.3) is 5.91 Å². The van der Waals surface area contributed by atoms with Crippen molar-refractivity contribution in [1.82, 2.24) is 19.3 Å². The van der Waals surface area contributed by atoms with Crippen molar-refractivity contribution in [2.45, 2.75) is 24.2 Å². The summed E-state index contributed by atoms with van der Waals surface area (Å²) in [6, 6.07) is 23.2. The smallest absolute Gasteiger partial charge is 0.255 e. The molecule has 0 bridgehead atoms. The number of nitrogens with zero attached hydrogens (tertiary/aromatic N) is 4. The lowest BCUT2D eigenvalue weighted by Gasteiger charge is -2.26. The summed E-state index contributed by atoms with van der Waals surface area (Å²) >= 11 is 0. The molecule has 5 rings (SSSR count). The molecular weight excluding hydrogens is 462 g/mol. The van der Waals surface area contributed by atoms with Crippen LogP contribution in [-0.2, 0) is 10.0 Å². The zero-order valence-electron chi connectivity index (χ0n) is 19.0. The van der Waals surface area contributed by atoms with E-state index < -0.39 is 10.0 Å². The second-order valence-electron chi connectivity index (χ2n) is 8.39. The minimum atomic E-state index is -3.58. The normalized spacial score (nSPS) is 14.5. The third-order valence-electron chi connectivity index (χ3n) is 6.04. The Balaban J connectivity index is 1.32. The molecule has 0 unspecified atom stereocenters. The highest BCUT2D eigenvalue weighted by Gasteiger charge is 2.26. The monoisotopic (exact) mass is 487 g/mol. The Kier molecular flexibility index (Phi) is 6.43. The molecule has 1 amide bonds. The number of piperidine rings is 1. The number of benzene rings is 3. The van der Waals surface area contributed by atoms with Gasteiger partial charge in [-0.05, 0) is 55.3 Å². The number of amides is 1. The van der Waals surface area contributed by atoms with Crippen molar-refractivity contribution in [1.29, 1.82) is 0 Å². The van der Waals surface area contributed by atoms with E-state index in [9.17, 15) is 13.2 Å². The van der Waals surface area contributed by atoms with Crippen LogP contribution in [-0.4, -0.2) is 46.7 Å². The first-order valence-corrected chi connectivity index (χ1v) is 12.9. The molecule has 1 aromatic heterocycles.